The molecule has 6 heteroatoms. The van der Waals surface area contributed by atoms with Gasteiger partial charge >= 0.3 is 0 Å². The van der Waals surface area contributed by atoms with Crippen LogP contribution in [-0.2, 0) is 0 Å². The van der Waals surface area contributed by atoms with Crippen LogP contribution >= 0.6 is 12.4 Å². The van der Waals surface area contributed by atoms with E-state index in [4.69, 9.17) is 15.2 Å². The highest BCUT2D eigenvalue weighted by molar-refractivity contribution is 5.95. The van der Waals surface area contributed by atoms with E-state index in [1.807, 2.05) is 6.92 Å². The first-order valence-corrected chi connectivity index (χ1v) is 5.61. The van der Waals surface area contributed by atoms with Gasteiger partial charge in [-0.3, -0.25) is 4.79 Å². The van der Waals surface area contributed by atoms with Crippen molar-refractivity contribution in [1.29, 1.82) is 0 Å². The van der Waals surface area contributed by atoms with Crippen LogP contribution in [0.4, 0.5) is 0 Å². The molecule has 0 bridgehead atoms. The van der Waals surface area contributed by atoms with E-state index in [0.29, 0.717) is 36.8 Å². The standard InChI is InChI=1S/C12H16N2O3.ClH/c1-8(7-13)14-12(15)9-2-3-10-11(6-9)17-5-4-16-10;/h2-3,6,8H,4-5,7,13H2,1H3,(H,14,15);1H/t8-;/m1./s1. The van der Waals surface area contributed by atoms with E-state index in [9.17, 15) is 4.79 Å². The molecule has 5 nitrogen and oxygen atoms in total. The molecule has 1 aliphatic rings. The molecule has 3 N–H and O–H groups in total. The van der Waals surface area contributed by atoms with Crippen molar-refractivity contribution in [3.63, 3.8) is 0 Å². The second kappa shape index (κ2) is 6.47. The summed E-state index contributed by atoms with van der Waals surface area (Å²) in [6.07, 6.45) is 0. The number of carbonyl (C=O) groups is 1. The van der Waals surface area contributed by atoms with E-state index in [2.05, 4.69) is 5.32 Å². The maximum atomic E-state index is 11.8. The Morgan fingerprint density at radius 3 is 2.72 bits per heavy atom. The first kappa shape index (κ1) is 14.6. The highest BCUT2D eigenvalue weighted by Crippen LogP contribution is 2.30. The Labute approximate surface area is 112 Å². The summed E-state index contributed by atoms with van der Waals surface area (Å²) >= 11 is 0. The Kier molecular flexibility index (Phi) is 5.25. The van der Waals surface area contributed by atoms with Crippen LogP contribution in [-0.4, -0.2) is 31.7 Å². The number of hydrogen-bond donors (Lipinski definition) is 2. The maximum absolute atomic E-state index is 11.8. The number of rotatable bonds is 3. The molecule has 100 valence electrons. The fourth-order valence-corrected chi connectivity index (χ4v) is 1.55. The van der Waals surface area contributed by atoms with Gasteiger partial charge in [0.05, 0.1) is 0 Å². The van der Waals surface area contributed by atoms with Gasteiger partial charge in [0.1, 0.15) is 13.2 Å². The number of fused-ring (bicyclic) bond motifs is 1. The van der Waals surface area contributed by atoms with Crippen molar-refractivity contribution in [2.24, 2.45) is 5.73 Å². The fourth-order valence-electron chi connectivity index (χ4n) is 1.55. The van der Waals surface area contributed by atoms with Crippen molar-refractivity contribution >= 4 is 18.3 Å². The lowest BCUT2D eigenvalue weighted by atomic mass is 10.1. The minimum atomic E-state index is -0.153. The van der Waals surface area contributed by atoms with Crippen LogP contribution in [0, 0.1) is 0 Å². The van der Waals surface area contributed by atoms with E-state index in [0.717, 1.165) is 0 Å². The summed E-state index contributed by atoms with van der Waals surface area (Å²) in [5.74, 6) is 1.14. The van der Waals surface area contributed by atoms with Crippen LogP contribution in [0.5, 0.6) is 11.5 Å². The third-order valence-electron chi connectivity index (χ3n) is 2.54. The second-order valence-electron chi connectivity index (χ2n) is 3.97. The Morgan fingerprint density at radius 1 is 1.39 bits per heavy atom. The van der Waals surface area contributed by atoms with E-state index < -0.39 is 0 Å². The van der Waals surface area contributed by atoms with Crippen LogP contribution in [0.2, 0.25) is 0 Å². The summed E-state index contributed by atoms with van der Waals surface area (Å²) in [5.41, 5.74) is 6.00. The SMILES string of the molecule is C[C@H](CN)NC(=O)c1ccc2c(c1)OCCO2.Cl. The number of nitrogens with two attached hydrogens (primary N) is 1. The molecular formula is C12H17ClN2O3. The van der Waals surface area contributed by atoms with Crippen LogP contribution < -0.4 is 20.5 Å². The molecule has 0 saturated carbocycles. The van der Waals surface area contributed by atoms with Crippen molar-refractivity contribution < 1.29 is 14.3 Å². The molecule has 0 aliphatic carbocycles. The summed E-state index contributed by atoms with van der Waals surface area (Å²) in [4.78, 5) is 11.8. The molecule has 1 heterocycles. The normalized spacial score (nSPS) is 14.3. The van der Waals surface area contributed by atoms with Gasteiger partial charge < -0.3 is 20.5 Å². The van der Waals surface area contributed by atoms with Gasteiger partial charge in [-0.25, -0.2) is 0 Å². The highest BCUT2D eigenvalue weighted by atomic mass is 35.5. The largest absolute Gasteiger partial charge is 0.486 e. The Bertz CT molecular complexity index is 426. The zero-order chi connectivity index (χ0) is 12.3. The lowest BCUT2D eigenvalue weighted by molar-refractivity contribution is 0.0940. The van der Waals surface area contributed by atoms with Crippen LogP contribution in [0.25, 0.3) is 0 Å². The lowest BCUT2D eigenvalue weighted by Gasteiger charge is -2.19. The van der Waals surface area contributed by atoms with Crippen LogP contribution in [0.15, 0.2) is 18.2 Å². The van der Waals surface area contributed by atoms with Gasteiger partial charge in [0.25, 0.3) is 5.91 Å². The third-order valence-corrected chi connectivity index (χ3v) is 2.54. The van der Waals surface area contributed by atoms with Crippen molar-refractivity contribution in [3.8, 4) is 11.5 Å². The molecule has 1 aromatic rings. The number of halogens is 1. The van der Waals surface area contributed by atoms with Gasteiger partial charge in [-0.2, -0.15) is 0 Å². The smallest absolute Gasteiger partial charge is 0.251 e. The molecule has 1 amide bonds. The summed E-state index contributed by atoms with van der Waals surface area (Å²) < 4.78 is 10.8. The van der Waals surface area contributed by atoms with Crippen LogP contribution in [0.1, 0.15) is 17.3 Å². The van der Waals surface area contributed by atoms with Crippen molar-refractivity contribution in [2.45, 2.75) is 13.0 Å². The van der Waals surface area contributed by atoms with Gasteiger partial charge in [0, 0.05) is 18.2 Å². The molecular weight excluding hydrogens is 256 g/mol. The molecule has 1 aliphatic heterocycles. The highest BCUT2D eigenvalue weighted by Gasteiger charge is 2.15. The van der Waals surface area contributed by atoms with Crippen LogP contribution in [0.3, 0.4) is 0 Å². The summed E-state index contributed by atoms with van der Waals surface area (Å²) in [6.45, 7) is 3.33. The van der Waals surface area contributed by atoms with Gasteiger partial charge in [-0.15, -0.1) is 12.4 Å². The Hall–Kier alpha value is -1.46. The molecule has 0 aromatic heterocycles. The topological polar surface area (TPSA) is 73.6 Å². The quantitative estimate of drug-likeness (QED) is 0.859. The van der Waals surface area contributed by atoms with Gasteiger partial charge in [-0.05, 0) is 25.1 Å². The minimum absolute atomic E-state index is 0. The molecule has 0 saturated heterocycles. The second-order valence-corrected chi connectivity index (χ2v) is 3.97. The number of amides is 1. The molecule has 0 unspecified atom stereocenters. The van der Waals surface area contributed by atoms with E-state index >= 15 is 0 Å². The molecule has 0 radical (unpaired) electrons. The fraction of sp³-hybridized carbons (Fsp3) is 0.417. The predicted octanol–water partition coefficient (Wildman–Crippen LogP) is 0.957. The van der Waals surface area contributed by atoms with Gasteiger partial charge in [0.2, 0.25) is 0 Å². The third kappa shape index (κ3) is 3.27. The number of ether oxygens (including phenoxy) is 2. The summed E-state index contributed by atoms with van der Waals surface area (Å²) in [6, 6.07) is 5.10. The van der Waals surface area contributed by atoms with Gasteiger partial charge in [-0.1, -0.05) is 0 Å². The molecule has 1 atom stereocenters. The lowest BCUT2D eigenvalue weighted by Crippen LogP contribution is -2.37. The van der Waals surface area contributed by atoms with E-state index in [-0.39, 0.29) is 24.4 Å². The molecule has 2 rings (SSSR count). The molecule has 0 fully saturated rings. The first-order valence-electron chi connectivity index (χ1n) is 5.61. The number of nitrogens with one attached hydrogen (secondary N) is 1. The van der Waals surface area contributed by atoms with E-state index in [1.165, 1.54) is 0 Å². The number of carbonyl (C=O) groups excluding carboxylic acids is 1. The Morgan fingerprint density at radius 2 is 2.06 bits per heavy atom. The maximum Gasteiger partial charge on any atom is 0.251 e. The number of benzene rings is 1. The Balaban J connectivity index is 0.00000162. The molecule has 1 aromatic carbocycles. The average molecular weight is 273 g/mol. The predicted molar refractivity (Wildman–Crippen MR) is 70.7 cm³/mol. The van der Waals surface area contributed by atoms with Gasteiger partial charge in [0.15, 0.2) is 11.5 Å². The summed E-state index contributed by atoms with van der Waals surface area (Å²) in [7, 11) is 0. The zero-order valence-corrected chi connectivity index (χ0v) is 11.0. The van der Waals surface area contributed by atoms with E-state index in [1.54, 1.807) is 18.2 Å². The van der Waals surface area contributed by atoms with Crippen molar-refractivity contribution in [2.75, 3.05) is 19.8 Å². The number of hydrogen-bond acceptors (Lipinski definition) is 4. The van der Waals surface area contributed by atoms with Crippen molar-refractivity contribution in [3.05, 3.63) is 23.8 Å². The van der Waals surface area contributed by atoms with Crippen molar-refractivity contribution in [1.82, 2.24) is 5.32 Å². The average Bonchev–Trinajstić information content (AvgIpc) is 2.38. The molecule has 18 heavy (non-hydrogen) atoms. The zero-order valence-electron chi connectivity index (χ0n) is 10.1. The monoisotopic (exact) mass is 272 g/mol. The first-order chi connectivity index (χ1) is 8.20. The minimum Gasteiger partial charge on any atom is -0.486 e. The molecule has 0 spiro atoms. The summed E-state index contributed by atoms with van der Waals surface area (Å²) in [5, 5.41) is 2.79.